The van der Waals surface area contributed by atoms with Gasteiger partial charge in [-0.25, -0.2) is 9.97 Å². The van der Waals surface area contributed by atoms with Crippen molar-refractivity contribution in [3.8, 4) is 17.1 Å². The molecule has 5 nitrogen and oxygen atoms in total. The first-order valence-corrected chi connectivity index (χ1v) is 9.14. The summed E-state index contributed by atoms with van der Waals surface area (Å²) >= 11 is 0. The summed E-state index contributed by atoms with van der Waals surface area (Å²) in [5.41, 5.74) is 4.12. The van der Waals surface area contributed by atoms with E-state index in [1.165, 1.54) is 0 Å². The zero-order chi connectivity index (χ0) is 19.2. The van der Waals surface area contributed by atoms with Crippen molar-refractivity contribution in [1.82, 2.24) is 14.4 Å². The molecule has 0 fully saturated rings. The topological polar surface area (TPSA) is 62.5 Å². The molecule has 0 unspecified atom stereocenters. The van der Waals surface area contributed by atoms with Gasteiger partial charge in [-0.2, -0.15) is 0 Å². The maximum absolute atomic E-state index is 10.7. The summed E-state index contributed by atoms with van der Waals surface area (Å²) in [7, 11) is 0. The van der Waals surface area contributed by atoms with Gasteiger partial charge < -0.3 is 10.4 Å². The van der Waals surface area contributed by atoms with Gasteiger partial charge in [-0.15, -0.1) is 0 Å². The summed E-state index contributed by atoms with van der Waals surface area (Å²) in [6, 6.07) is 13.9. The number of hydrogen-bond donors (Lipinski definition) is 2. The average Bonchev–Trinajstić information content (AvgIpc) is 2.98. The highest BCUT2D eigenvalue weighted by Gasteiger charge is 2.20. The Morgan fingerprint density at radius 1 is 1.07 bits per heavy atom. The minimum Gasteiger partial charge on any atom is -0.493 e. The van der Waals surface area contributed by atoms with Crippen LogP contribution in [0.1, 0.15) is 26.3 Å². The second-order valence-corrected chi connectivity index (χ2v) is 8.16. The number of aryl methyl sites for hydroxylation is 1. The van der Waals surface area contributed by atoms with Crippen LogP contribution < -0.4 is 5.32 Å². The van der Waals surface area contributed by atoms with Crippen molar-refractivity contribution < 1.29 is 5.11 Å². The summed E-state index contributed by atoms with van der Waals surface area (Å²) in [6.07, 6.45) is 1.98. The van der Waals surface area contributed by atoms with Crippen LogP contribution in [-0.4, -0.2) is 26.0 Å². The minimum atomic E-state index is -0.000912. The van der Waals surface area contributed by atoms with Gasteiger partial charge in [0.1, 0.15) is 17.2 Å². The lowest BCUT2D eigenvalue weighted by atomic mass is 9.97. The molecule has 0 atom stereocenters. The summed E-state index contributed by atoms with van der Waals surface area (Å²) in [5.74, 6) is 0.864. The largest absolute Gasteiger partial charge is 0.493 e. The van der Waals surface area contributed by atoms with Crippen LogP contribution in [0.5, 0.6) is 5.88 Å². The van der Waals surface area contributed by atoms with Gasteiger partial charge in [0.2, 0.25) is 5.88 Å². The lowest BCUT2D eigenvalue weighted by Gasteiger charge is -2.20. The molecular weight excluding hydrogens is 336 g/mol. The van der Waals surface area contributed by atoms with E-state index in [1.54, 1.807) is 0 Å². The smallest absolute Gasteiger partial charge is 0.221 e. The van der Waals surface area contributed by atoms with E-state index in [0.29, 0.717) is 11.3 Å². The Balaban J connectivity index is 1.93. The SMILES string of the molecule is Cc1cccc2cc(-c3nc4ccccn4c3NCC(C)(C)C)c(O)nc12. The molecule has 138 valence electrons. The van der Waals surface area contributed by atoms with Gasteiger partial charge in [0.25, 0.3) is 0 Å². The first-order valence-electron chi connectivity index (χ1n) is 9.14. The fourth-order valence-electron chi connectivity index (χ4n) is 3.21. The quantitative estimate of drug-likeness (QED) is 0.538. The lowest BCUT2D eigenvalue weighted by Crippen LogP contribution is -2.20. The van der Waals surface area contributed by atoms with Crippen LogP contribution >= 0.6 is 0 Å². The molecule has 0 aliphatic rings. The number of nitrogens with zero attached hydrogens (tertiary/aromatic N) is 3. The van der Waals surface area contributed by atoms with E-state index >= 15 is 0 Å². The number of benzene rings is 1. The van der Waals surface area contributed by atoms with Crippen molar-refractivity contribution >= 4 is 22.4 Å². The van der Waals surface area contributed by atoms with Gasteiger partial charge in [-0.05, 0) is 36.1 Å². The zero-order valence-corrected chi connectivity index (χ0v) is 16.1. The first-order chi connectivity index (χ1) is 12.8. The molecule has 27 heavy (non-hydrogen) atoms. The Hall–Kier alpha value is -3.08. The van der Waals surface area contributed by atoms with Gasteiger partial charge >= 0.3 is 0 Å². The van der Waals surface area contributed by atoms with Crippen molar-refractivity contribution in [3.05, 3.63) is 54.2 Å². The number of aromatic nitrogens is 3. The molecule has 0 amide bonds. The summed E-state index contributed by atoms with van der Waals surface area (Å²) in [6.45, 7) is 9.32. The molecule has 2 N–H and O–H groups in total. The predicted octanol–water partition coefficient (Wildman–Crippen LogP) is 5.02. The number of pyridine rings is 2. The van der Waals surface area contributed by atoms with Crippen LogP contribution in [0.2, 0.25) is 0 Å². The molecule has 3 aromatic heterocycles. The third-order valence-corrected chi connectivity index (χ3v) is 4.60. The number of nitrogens with one attached hydrogen (secondary N) is 1. The number of para-hydroxylation sites is 1. The molecule has 4 rings (SSSR count). The molecule has 3 heterocycles. The van der Waals surface area contributed by atoms with Gasteiger partial charge in [0, 0.05) is 18.1 Å². The molecule has 0 radical (unpaired) electrons. The predicted molar refractivity (Wildman–Crippen MR) is 110 cm³/mol. The van der Waals surface area contributed by atoms with Crippen LogP contribution in [0.3, 0.4) is 0 Å². The fourth-order valence-corrected chi connectivity index (χ4v) is 3.21. The van der Waals surface area contributed by atoms with Crippen molar-refractivity contribution in [2.24, 2.45) is 5.41 Å². The second-order valence-electron chi connectivity index (χ2n) is 8.16. The molecule has 0 bridgehead atoms. The van der Waals surface area contributed by atoms with Gasteiger partial charge in [-0.1, -0.05) is 45.0 Å². The van der Waals surface area contributed by atoms with Crippen molar-refractivity contribution in [3.63, 3.8) is 0 Å². The Kier molecular flexibility index (Phi) is 4.02. The minimum absolute atomic E-state index is 0.000912. The fraction of sp³-hybridized carbons (Fsp3) is 0.273. The standard InChI is InChI=1S/C22H24N4O/c1-14-8-7-9-15-12-16(21(27)25-18(14)15)19-20(23-13-22(2,3)4)26-11-6-5-10-17(26)24-19/h5-12,23H,13H2,1-4H3,(H,25,27). The molecule has 0 aliphatic heterocycles. The number of hydrogen-bond acceptors (Lipinski definition) is 4. The van der Waals surface area contributed by atoms with Crippen molar-refractivity contribution in [2.45, 2.75) is 27.7 Å². The molecule has 5 heteroatoms. The highest BCUT2D eigenvalue weighted by molar-refractivity contribution is 5.90. The molecule has 4 aromatic rings. The Labute approximate surface area is 158 Å². The summed E-state index contributed by atoms with van der Waals surface area (Å²) in [4.78, 5) is 9.22. The molecule has 1 aromatic carbocycles. The number of imidazole rings is 1. The normalized spacial score (nSPS) is 12.0. The third kappa shape index (κ3) is 3.21. The first kappa shape index (κ1) is 17.3. The highest BCUT2D eigenvalue weighted by Crippen LogP contribution is 2.36. The lowest BCUT2D eigenvalue weighted by molar-refractivity contribution is 0.442. The Morgan fingerprint density at radius 3 is 2.67 bits per heavy atom. The Morgan fingerprint density at radius 2 is 1.89 bits per heavy atom. The Bertz CT molecular complexity index is 1140. The molecule has 0 saturated carbocycles. The monoisotopic (exact) mass is 360 g/mol. The van der Waals surface area contributed by atoms with Crippen LogP contribution in [0.4, 0.5) is 5.82 Å². The summed E-state index contributed by atoms with van der Waals surface area (Å²) in [5, 5.41) is 15.2. The average molecular weight is 360 g/mol. The van der Waals surface area contributed by atoms with E-state index in [4.69, 9.17) is 4.98 Å². The van der Waals surface area contributed by atoms with Gasteiger partial charge in [0.15, 0.2) is 0 Å². The third-order valence-electron chi connectivity index (χ3n) is 4.60. The number of fused-ring (bicyclic) bond motifs is 2. The number of rotatable bonds is 3. The highest BCUT2D eigenvalue weighted by atomic mass is 16.3. The van der Waals surface area contributed by atoms with Crippen LogP contribution in [-0.2, 0) is 0 Å². The van der Waals surface area contributed by atoms with E-state index in [1.807, 2.05) is 60.0 Å². The molecule has 0 saturated heterocycles. The molecular formula is C22H24N4O. The van der Waals surface area contributed by atoms with Gasteiger partial charge in [-0.3, -0.25) is 4.40 Å². The van der Waals surface area contributed by atoms with Crippen LogP contribution in [0, 0.1) is 12.3 Å². The maximum Gasteiger partial charge on any atom is 0.221 e. The summed E-state index contributed by atoms with van der Waals surface area (Å²) < 4.78 is 2.01. The molecule has 0 spiro atoms. The maximum atomic E-state index is 10.7. The van der Waals surface area contributed by atoms with E-state index in [0.717, 1.165) is 34.5 Å². The van der Waals surface area contributed by atoms with E-state index in [2.05, 4.69) is 31.1 Å². The van der Waals surface area contributed by atoms with Gasteiger partial charge in [0.05, 0.1) is 11.1 Å². The zero-order valence-electron chi connectivity index (χ0n) is 16.1. The van der Waals surface area contributed by atoms with Crippen LogP contribution in [0.15, 0.2) is 48.7 Å². The van der Waals surface area contributed by atoms with E-state index in [9.17, 15) is 5.11 Å². The number of aromatic hydroxyl groups is 1. The second kappa shape index (κ2) is 6.27. The van der Waals surface area contributed by atoms with Crippen molar-refractivity contribution in [2.75, 3.05) is 11.9 Å². The number of anilines is 1. The molecule has 0 aliphatic carbocycles. The van der Waals surface area contributed by atoms with Crippen molar-refractivity contribution in [1.29, 1.82) is 0 Å². The van der Waals surface area contributed by atoms with Crippen LogP contribution in [0.25, 0.3) is 27.8 Å². The van der Waals surface area contributed by atoms with E-state index in [-0.39, 0.29) is 11.3 Å². The van der Waals surface area contributed by atoms with E-state index < -0.39 is 0 Å².